The Bertz CT molecular complexity index is 2070. The van der Waals surface area contributed by atoms with Crippen molar-refractivity contribution in [2.45, 2.75) is 133 Å². The topological polar surface area (TPSA) is 185 Å². The van der Waals surface area contributed by atoms with E-state index in [9.17, 15) is 45.9 Å². The highest BCUT2D eigenvalue weighted by molar-refractivity contribution is 7.91. The van der Waals surface area contributed by atoms with Gasteiger partial charge in [0.2, 0.25) is 27.7 Å². The monoisotopic (exact) mass is 835 g/mol. The molecule has 2 aromatic rings. The number of hydrogen-bond donors (Lipinski definition) is 3. The summed E-state index contributed by atoms with van der Waals surface area (Å²) in [6.07, 6.45) is -1.29. The predicted molar refractivity (Wildman–Crippen MR) is 206 cm³/mol. The molecule has 1 aromatic carbocycles. The molecule has 1 aromatic heterocycles. The van der Waals surface area contributed by atoms with E-state index < -0.39 is 86.4 Å². The number of benzene rings is 1. The van der Waals surface area contributed by atoms with Crippen LogP contribution in [0.1, 0.15) is 86.5 Å². The minimum atomic E-state index is -5.09. The molecule has 318 valence electrons. The third kappa shape index (κ3) is 8.71. The Hall–Kier alpha value is -4.61. The summed E-state index contributed by atoms with van der Waals surface area (Å²) in [6, 6.07) is 3.66. The third-order valence-electron chi connectivity index (χ3n) is 11.7. The molecule has 18 heteroatoms. The maximum Gasteiger partial charge on any atom is 0.411 e. The van der Waals surface area contributed by atoms with Crippen LogP contribution in [0.25, 0.3) is 10.8 Å². The molecule has 3 fully saturated rings. The molecule has 4 aliphatic rings. The van der Waals surface area contributed by atoms with Gasteiger partial charge in [0.15, 0.2) is 0 Å². The summed E-state index contributed by atoms with van der Waals surface area (Å²) < 4.78 is 84.2. The number of fused-ring (bicyclic) bond motifs is 3. The van der Waals surface area contributed by atoms with Crippen LogP contribution in [0.3, 0.4) is 0 Å². The molecule has 0 unspecified atom stereocenters. The van der Waals surface area contributed by atoms with E-state index in [1.165, 1.54) is 13.1 Å². The molecule has 0 bridgehead atoms. The number of rotatable bonds is 9. The van der Waals surface area contributed by atoms with Crippen LogP contribution >= 0.6 is 0 Å². The smallest absolute Gasteiger partial charge is 0.411 e. The number of nitrogens with zero attached hydrogens (tertiary/aromatic N) is 3. The van der Waals surface area contributed by atoms with Gasteiger partial charge in [-0.2, -0.15) is 13.2 Å². The van der Waals surface area contributed by atoms with E-state index in [2.05, 4.69) is 15.0 Å². The molecule has 3 N–H and O–H groups in total. The van der Waals surface area contributed by atoms with Crippen LogP contribution < -0.4 is 19.5 Å². The molecule has 14 nitrogen and oxygen atoms in total. The number of alkyl halides is 3. The number of allylic oxidation sites excluding steroid dienone is 1. The summed E-state index contributed by atoms with van der Waals surface area (Å²) in [5.41, 5.74) is -4.73. The lowest BCUT2D eigenvalue weighted by atomic mass is 9.85. The Kier molecular flexibility index (Phi) is 11.8. The first-order valence-electron chi connectivity index (χ1n) is 19.7. The summed E-state index contributed by atoms with van der Waals surface area (Å²) in [7, 11) is -4.02. The Balaban J connectivity index is 1.41. The van der Waals surface area contributed by atoms with Gasteiger partial charge in [-0.05, 0) is 108 Å². The van der Waals surface area contributed by atoms with E-state index in [1.807, 2.05) is 26.8 Å². The second-order valence-electron chi connectivity index (χ2n) is 17.1. The number of carboxylic acid groups (broad SMARTS) is 1. The normalized spacial score (nSPS) is 29.0. The van der Waals surface area contributed by atoms with E-state index >= 15 is 0 Å². The lowest BCUT2D eigenvalue weighted by Gasteiger charge is -2.45. The number of halogens is 3. The van der Waals surface area contributed by atoms with Crippen molar-refractivity contribution in [2.24, 2.45) is 17.8 Å². The third-order valence-corrected chi connectivity index (χ3v) is 13.5. The minimum absolute atomic E-state index is 0.0616. The average Bonchev–Trinajstić information content (AvgIpc) is 4.04. The van der Waals surface area contributed by atoms with Gasteiger partial charge in [-0.3, -0.25) is 24.0 Å². The van der Waals surface area contributed by atoms with Crippen molar-refractivity contribution < 1.29 is 55.3 Å². The van der Waals surface area contributed by atoms with Gasteiger partial charge >= 0.3 is 12.3 Å². The van der Waals surface area contributed by atoms with Crippen molar-refractivity contribution in [1.29, 1.82) is 0 Å². The highest BCUT2D eigenvalue weighted by Gasteiger charge is 2.63. The molecule has 2 aliphatic carbocycles. The van der Waals surface area contributed by atoms with Crippen LogP contribution in [0.5, 0.6) is 11.6 Å². The fourth-order valence-electron chi connectivity index (χ4n) is 8.21. The van der Waals surface area contributed by atoms with E-state index in [0.717, 1.165) is 4.90 Å². The van der Waals surface area contributed by atoms with Crippen LogP contribution in [0, 0.1) is 17.8 Å². The fourth-order valence-corrected chi connectivity index (χ4v) is 9.57. The number of hydrogen-bond acceptors (Lipinski definition) is 9. The van der Waals surface area contributed by atoms with Gasteiger partial charge < -0.3 is 24.8 Å². The molecule has 1 saturated heterocycles. The first-order valence-corrected chi connectivity index (χ1v) is 21.3. The highest BCUT2D eigenvalue weighted by atomic mass is 32.2. The van der Waals surface area contributed by atoms with E-state index in [4.69, 9.17) is 9.47 Å². The zero-order chi connectivity index (χ0) is 42.5. The first kappa shape index (κ1) is 43.0. The average molecular weight is 836 g/mol. The number of ether oxygens (including phenoxy) is 2. The Morgan fingerprint density at radius 2 is 1.81 bits per heavy atom. The second kappa shape index (κ2) is 15.9. The van der Waals surface area contributed by atoms with Crippen LogP contribution in [-0.4, -0.2) is 105 Å². The van der Waals surface area contributed by atoms with Gasteiger partial charge in [0.1, 0.15) is 35.0 Å². The van der Waals surface area contributed by atoms with Crippen LogP contribution in [-0.2, 0) is 24.4 Å². The maximum atomic E-state index is 15.0. The molecule has 6 rings (SSSR count). The predicted octanol–water partition coefficient (Wildman–Crippen LogP) is 5.56. The highest BCUT2D eigenvalue weighted by Crippen LogP contribution is 2.47. The van der Waals surface area contributed by atoms with Crippen molar-refractivity contribution >= 4 is 44.6 Å². The van der Waals surface area contributed by atoms with Crippen molar-refractivity contribution in [1.82, 2.24) is 24.8 Å². The quantitative estimate of drug-likeness (QED) is 0.271. The van der Waals surface area contributed by atoms with Gasteiger partial charge in [0, 0.05) is 23.9 Å². The van der Waals surface area contributed by atoms with Gasteiger partial charge in [-0.25, -0.2) is 18.2 Å². The molecule has 7 atom stereocenters. The van der Waals surface area contributed by atoms with E-state index in [-0.39, 0.29) is 48.6 Å². The summed E-state index contributed by atoms with van der Waals surface area (Å²) in [4.78, 5) is 61.8. The number of aromatic nitrogens is 1. The summed E-state index contributed by atoms with van der Waals surface area (Å²) in [5, 5.41) is 13.7. The molecular weight excluding hydrogens is 784 g/mol. The second-order valence-corrected chi connectivity index (χ2v) is 19.0. The lowest BCUT2D eigenvalue weighted by Crippen LogP contribution is -2.66. The molecule has 0 radical (unpaired) electrons. The number of pyridine rings is 1. The minimum Gasteiger partial charge on any atom is -0.491 e. The summed E-state index contributed by atoms with van der Waals surface area (Å²) in [6.45, 7) is 8.19. The summed E-state index contributed by atoms with van der Waals surface area (Å²) >= 11 is 0. The number of carbonyl (C=O) groups is 4. The number of amides is 4. The Labute approximate surface area is 335 Å². The van der Waals surface area contributed by atoms with Crippen molar-refractivity contribution in [2.75, 3.05) is 6.54 Å². The van der Waals surface area contributed by atoms with Gasteiger partial charge in [0.05, 0.1) is 17.9 Å². The van der Waals surface area contributed by atoms with Crippen molar-refractivity contribution in [3.63, 3.8) is 0 Å². The SMILES string of the molecule is CC(C)Oc1ccc2c(O[C@@H]3C[C@H]4C(=O)N[C@]5(C(=O)NS(=O)(=O)C6CC6)C[C@H]5/C=C\CC[C@@H](C)C[C@@H](C)[C@H](N(C(=O)O)C(C)(C)C(F)(F)F)C(=O)N4C3)nccc2c1. The summed E-state index contributed by atoms with van der Waals surface area (Å²) in [5.74, 6) is -3.82. The molecule has 0 spiro atoms. The number of nitrogens with one attached hydrogen (secondary N) is 2. The van der Waals surface area contributed by atoms with Gasteiger partial charge in [-0.1, -0.05) is 26.0 Å². The van der Waals surface area contributed by atoms with Gasteiger partial charge in [0.25, 0.3) is 5.91 Å². The first-order chi connectivity index (χ1) is 27.1. The van der Waals surface area contributed by atoms with Crippen LogP contribution in [0.2, 0.25) is 0 Å². The molecule has 3 heterocycles. The molecule has 2 aliphatic heterocycles. The van der Waals surface area contributed by atoms with Crippen molar-refractivity contribution in [3.8, 4) is 11.6 Å². The molecule has 2 saturated carbocycles. The zero-order valence-corrected chi connectivity index (χ0v) is 34.2. The van der Waals surface area contributed by atoms with Crippen LogP contribution in [0.15, 0.2) is 42.6 Å². The molecule has 58 heavy (non-hydrogen) atoms. The zero-order valence-electron chi connectivity index (χ0n) is 33.4. The van der Waals surface area contributed by atoms with E-state index in [1.54, 1.807) is 30.3 Å². The standard InChI is InChI=1S/C40H52F3N5O9S/c1-22(2)56-27-11-14-30-25(18-27)15-16-44-34(30)57-28-19-31-33(49)45-39(36(51)46-58(54,55)29-12-13-29)20-26(39)10-8-7-9-23(3)17-24(4)32(35(50)47(31)21-28)48(37(52)53)38(5,6)40(41,42)43/h8,10-11,14-16,18,22-24,26,28-29,31-32H,7,9,12-13,17,19-21H2,1-6H3,(H,45,49)(H,46,51)(H,52,53)/b10-8-/t23-,24-,26-,28-,31+,32+,39-/m1/s1. The molecule has 4 amide bonds. The van der Waals surface area contributed by atoms with Gasteiger partial charge in [-0.15, -0.1) is 0 Å². The Morgan fingerprint density at radius 1 is 1.10 bits per heavy atom. The van der Waals surface area contributed by atoms with Crippen molar-refractivity contribution in [3.05, 3.63) is 42.6 Å². The number of carbonyl (C=O) groups excluding carboxylic acids is 3. The Morgan fingerprint density at radius 3 is 2.45 bits per heavy atom. The number of sulfonamides is 1. The molecular formula is C40H52F3N5O9S. The lowest BCUT2D eigenvalue weighted by molar-refractivity contribution is -0.222. The fraction of sp³-hybridized carbons (Fsp3) is 0.625. The van der Waals surface area contributed by atoms with Crippen LogP contribution in [0.4, 0.5) is 18.0 Å². The largest absolute Gasteiger partial charge is 0.491 e. The maximum absolute atomic E-state index is 15.0. The van der Waals surface area contributed by atoms with E-state index in [0.29, 0.717) is 56.1 Å².